The highest BCUT2D eigenvalue weighted by atomic mass is 35.5. The molecule has 0 fully saturated rings. The number of rotatable bonds is 5. The fourth-order valence-electron chi connectivity index (χ4n) is 3.10. The summed E-state index contributed by atoms with van der Waals surface area (Å²) in [5, 5.41) is 10.6. The molecule has 1 heterocycles. The van der Waals surface area contributed by atoms with Gasteiger partial charge in [0.2, 0.25) is 11.6 Å². The maximum atomic E-state index is 12.6. The smallest absolute Gasteiger partial charge is 0.342 e. The van der Waals surface area contributed by atoms with Crippen LogP contribution in [0.5, 0.6) is 5.75 Å². The number of cyclic esters (lactones) is 1. The van der Waals surface area contributed by atoms with Gasteiger partial charge in [-0.2, -0.15) is 0 Å². The molecule has 2 aromatic carbocycles. The van der Waals surface area contributed by atoms with Gasteiger partial charge in [0.05, 0.1) is 5.56 Å². The molecule has 0 amide bonds. The Morgan fingerprint density at radius 3 is 2.67 bits per heavy atom. The summed E-state index contributed by atoms with van der Waals surface area (Å²) in [5.74, 6) is -3.09. The van der Waals surface area contributed by atoms with E-state index >= 15 is 0 Å². The third-order valence-electron chi connectivity index (χ3n) is 4.49. The molecule has 6 nitrogen and oxygen atoms in total. The number of ether oxygens (including phenoxy) is 1. The molecule has 0 aromatic heterocycles. The van der Waals surface area contributed by atoms with E-state index in [4.69, 9.17) is 22.1 Å². The molecule has 3 N–H and O–H groups in total. The maximum absolute atomic E-state index is 12.6. The molecule has 3 rings (SSSR count). The summed E-state index contributed by atoms with van der Waals surface area (Å²) >= 11 is 6.19. The summed E-state index contributed by atoms with van der Waals surface area (Å²) < 4.78 is 5.09. The molecule has 0 bridgehead atoms. The highest BCUT2D eigenvalue weighted by molar-refractivity contribution is 6.45. The first-order valence-corrected chi connectivity index (χ1v) is 8.80. The topological polar surface area (TPSA) is 107 Å². The number of fused-ring (bicyclic) bond motifs is 1. The lowest BCUT2D eigenvalue weighted by Crippen LogP contribution is -2.27. The predicted molar refractivity (Wildman–Crippen MR) is 99.0 cm³/mol. The number of aromatic hydroxyl groups is 1. The summed E-state index contributed by atoms with van der Waals surface area (Å²) in [6.07, 6.45) is -0.318. The Bertz CT molecular complexity index is 926. The number of halogens is 1. The number of phenolic OH excluding ortho intramolecular Hbond substituents is 1. The standard InChI is InChI=1S/C20H18ClNO5/c1-10-7-12-14(21)8-13(19(25)17(12)20(26)27-10)18(24)16(23)9-15(22)11-5-3-2-4-6-11/h2-6,8,10,15,25H,7,9,22H2,1H3/t10-,15-/m1/s1. The van der Waals surface area contributed by atoms with Crippen LogP contribution in [0.1, 0.15) is 51.2 Å². The van der Waals surface area contributed by atoms with Gasteiger partial charge in [-0.05, 0) is 24.1 Å². The minimum absolute atomic E-state index is 0.134. The second-order valence-electron chi connectivity index (χ2n) is 6.50. The van der Waals surface area contributed by atoms with Crippen molar-refractivity contribution in [2.45, 2.75) is 31.9 Å². The van der Waals surface area contributed by atoms with Gasteiger partial charge in [-0.15, -0.1) is 0 Å². The van der Waals surface area contributed by atoms with Crippen LogP contribution in [0.15, 0.2) is 36.4 Å². The molecule has 0 saturated carbocycles. The molecule has 1 aliphatic rings. The molecule has 2 aromatic rings. The second-order valence-corrected chi connectivity index (χ2v) is 6.91. The second kappa shape index (κ2) is 7.50. The maximum Gasteiger partial charge on any atom is 0.342 e. The van der Waals surface area contributed by atoms with E-state index in [0.717, 1.165) is 0 Å². The Hall–Kier alpha value is -2.70. The van der Waals surface area contributed by atoms with Crippen LogP contribution >= 0.6 is 11.6 Å². The summed E-state index contributed by atoms with van der Waals surface area (Å²) in [7, 11) is 0. The van der Waals surface area contributed by atoms with Crippen molar-refractivity contribution in [1.29, 1.82) is 0 Å². The van der Waals surface area contributed by atoms with Crippen LogP contribution < -0.4 is 5.73 Å². The summed E-state index contributed by atoms with van der Waals surface area (Å²) in [4.78, 5) is 37.1. The number of phenols is 1. The summed E-state index contributed by atoms with van der Waals surface area (Å²) in [5.41, 5.74) is 6.62. The zero-order valence-electron chi connectivity index (χ0n) is 14.6. The van der Waals surface area contributed by atoms with E-state index in [2.05, 4.69) is 0 Å². The van der Waals surface area contributed by atoms with Gasteiger partial charge in [0.25, 0.3) is 0 Å². The van der Waals surface area contributed by atoms with E-state index in [9.17, 15) is 19.5 Å². The highest BCUT2D eigenvalue weighted by Crippen LogP contribution is 2.37. The summed E-state index contributed by atoms with van der Waals surface area (Å²) in [6.45, 7) is 1.70. The van der Waals surface area contributed by atoms with Crippen LogP contribution in [-0.2, 0) is 16.0 Å². The van der Waals surface area contributed by atoms with Crippen molar-refractivity contribution in [2.24, 2.45) is 5.73 Å². The van der Waals surface area contributed by atoms with Crippen molar-refractivity contribution in [3.8, 4) is 5.75 Å². The van der Waals surface area contributed by atoms with Crippen LogP contribution in [-0.4, -0.2) is 28.7 Å². The fraction of sp³-hybridized carbons (Fsp3) is 0.250. The Kier molecular flexibility index (Phi) is 5.30. The van der Waals surface area contributed by atoms with Gasteiger partial charge < -0.3 is 15.6 Å². The Balaban J connectivity index is 1.89. The lowest BCUT2D eigenvalue weighted by atomic mass is 9.92. The van der Waals surface area contributed by atoms with E-state index in [-0.39, 0.29) is 22.6 Å². The van der Waals surface area contributed by atoms with Crippen molar-refractivity contribution in [1.82, 2.24) is 0 Å². The lowest BCUT2D eigenvalue weighted by Gasteiger charge is -2.24. The van der Waals surface area contributed by atoms with Gasteiger partial charge >= 0.3 is 5.97 Å². The SMILES string of the molecule is C[C@@H]1Cc2c(Cl)cc(C(=O)C(=O)C[C@@H](N)c3ccccc3)c(O)c2C(=O)O1. The molecule has 0 spiro atoms. The number of ketones is 2. The van der Waals surface area contributed by atoms with Gasteiger partial charge in [-0.25, -0.2) is 4.79 Å². The third-order valence-corrected chi connectivity index (χ3v) is 4.83. The zero-order chi connectivity index (χ0) is 19.7. The molecule has 1 aliphatic heterocycles. The van der Waals surface area contributed by atoms with Crippen molar-refractivity contribution < 1.29 is 24.2 Å². The number of carbonyl (C=O) groups excluding carboxylic acids is 3. The van der Waals surface area contributed by atoms with E-state index in [1.165, 1.54) is 6.07 Å². The van der Waals surface area contributed by atoms with E-state index in [0.29, 0.717) is 17.5 Å². The van der Waals surface area contributed by atoms with Gasteiger partial charge in [0.1, 0.15) is 17.4 Å². The van der Waals surface area contributed by atoms with Crippen LogP contribution in [0.2, 0.25) is 5.02 Å². The molecule has 2 atom stereocenters. The largest absolute Gasteiger partial charge is 0.506 e. The Morgan fingerprint density at radius 1 is 1.33 bits per heavy atom. The van der Waals surface area contributed by atoms with Crippen molar-refractivity contribution in [2.75, 3.05) is 0 Å². The minimum atomic E-state index is -0.949. The van der Waals surface area contributed by atoms with Gasteiger partial charge in [0.15, 0.2) is 0 Å². The van der Waals surface area contributed by atoms with Crippen LogP contribution in [0.4, 0.5) is 0 Å². The average molecular weight is 388 g/mol. The lowest BCUT2D eigenvalue weighted by molar-refractivity contribution is -0.115. The number of nitrogens with two attached hydrogens (primary N) is 1. The third kappa shape index (κ3) is 3.72. The van der Waals surface area contributed by atoms with E-state index < -0.39 is 35.4 Å². The van der Waals surface area contributed by atoms with Crippen LogP contribution in [0.3, 0.4) is 0 Å². The van der Waals surface area contributed by atoms with Crippen molar-refractivity contribution in [3.63, 3.8) is 0 Å². The van der Waals surface area contributed by atoms with E-state index in [1.807, 2.05) is 6.07 Å². The van der Waals surface area contributed by atoms with Gasteiger partial charge in [0, 0.05) is 23.9 Å². The number of benzene rings is 2. The number of hydrogen-bond donors (Lipinski definition) is 2. The fourth-order valence-corrected chi connectivity index (χ4v) is 3.38. The molecule has 27 heavy (non-hydrogen) atoms. The highest BCUT2D eigenvalue weighted by Gasteiger charge is 2.33. The van der Waals surface area contributed by atoms with Crippen molar-refractivity contribution in [3.05, 3.63) is 63.7 Å². The van der Waals surface area contributed by atoms with Gasteiger partial charge in [-0.3, -0.25) is 9.59 Å². The first-order valence-electron chi connectivity index (χ1n) is 8.43. The first-order chi connectivity index (χ1) is 12.8. The minimum Gasteiger partial charge on any atom is -0.506 e. The zero-order valence-corrected chi connectivity index (χ0v) is 15.3. The van der Waals surface area contributed by atoms with E-state index in [1.54, 1.807) is 31.2 Å². The molecule has 0 aliphatic carbocycles. The average Bonchev–Trinajstić information content (AvgIpc) is 2.64. The first kappa shape index (κ1) is 19.1. The number of esters is 1. The molecular weight excluding hydrogens is 370 g/mol. The van der Waals surface area contributed by atoms with Gasteiger partial charge in [-0.1, -0.05) is 41.9 Å². The van der Waals surface area contributed by atoms with Crippen LogP contribution in [0, 0.1) is 0 Å². The normalized spacial score (nSPS) is 17.0. The molecule has 0 unspecified atom stereocenters. The summed E-state index contributed by atoms with van der Waals surface area (Å²) in [6, 6.07) is 9.45. The number of Topliss-reactive ketones (excluding diaryl/α,β-unsaturated/α-hetero) is 2. The molecule has 0 saturated heterocycles. The Labute approximate surface area is 160 Å². The molecular formula is C20H18ClNO5. The number of carbonyl (C=O) groups is 3. The van der Waals surface area contributed by atoms with Crippen LogP contribution in [0.25, 0.3) is 0 Å². The Morgan fingerprint density at radius 2 is 2.00 bits per heavy atom. The monoisotopic (exact) mass is 387 g/mol. The number of hydrogen-bond acceptors (Lipinski definition) is 6. The van der Waals surface area contributed by atoms with Crippen molar-refractivity contribution >= 4 is 29.1 Å². The molecule has 140 valence electrons. The molecule has 7 heteroatoms. The predicted octanol–water partition coefficient (Wildman–Crippen LogP) is 2.99. The molecule has 0 radical (unpaired) electrons. The quantitative estimate of drug-likeness (QED) is 0.464.